The molecule has 0 spiro atoms. The van der Waals surface area contributed by atoms with E-state index in [9.17, 15) is 4.79 Å². The number of rotatable bonds is 4. The summed E-state index contributed by atoms with van der Waals surface area (Å²) >= 11 is 0. The number of anilines is 1. The molecule has 6 nitrogen and oxygen atoms in total. The SMILES string of the molecule is Cc1cc(C(N)=O)ccc1NCc1cn(C(C)(C)C)nn1. The summed E-state index contributed by atoms with van der Waals surface area (Å²) < 4.78 is 1.84. The molecule has 0 saturated heterocycles. The summed E-state index contributed by atoms with van der Waals surface area (Å²) in [6.45, 7) is 8.73. The van der Waals surface area contributed by atoms with E-state index in [0.29, 0.717) is 12.1 Å². The van der Waals surface area contributed by atoms with Crippen LogP contribution in [-0.4, -0.2) is 20.9 Å². The Kier molecular flexibility index (Phi) is 3.97. The van der Waals surface area contributed by atoms with Gasteiger partial charge in [0.25, 0.3) is 0 Å². The molecule has 6 heteroatoms. The average molecular weight is 287 g/mol. The topological polar surface area (TPSA) is 85.8 Å². The van der Waals surface area contributed by atoms with Crippen LogP contribution in [0.3, 0.4) is 0 Å². The molecule has 0 radical (unpaired) electrons. The maximum absolute atomic E-state index is 11.1. The smallest absolute Gasteiger partial charge is 0.248 e. The quantitative estimate of drug-likeness (QED) is 0.901. The summed E-state index contributed by atoms with van der Waals surface area (Å²) in [5, 5.41) is 11.6. The van der Waals surface area contributed by atoms with Crippen LogP contribution in [0.4, 0.5) is 5.69 Å². The van der Waals surface area contributed by atoms with Crippen molar-refractivity contribution in [3.63, 3.8) is 0 Å². The van der Waals surface area contributed by atoms with Crippen LogP contribution >= 0.6 is 0 Å². The molecule has 0 aliphatic heterocycles. The number of nitrogens with two attached hydrogens (primary N) is 1. The summed E-state index contributed by atoms with van der Waals surface area (Å²) in [6.07, 6.45) is 1.93. The highest BCUT2D eigenvalue weighted by Gasteiger charge is 2.15. The number of aromatic nitrogens is 3. The molecule has 21 heavy (non-hydrogen) atoms. The first-order chi connectivity index (χ1) is 9.77. The second kappa shape index (κ2) is 5.55. The van der Waals surface area contributed by atoms with Gasteiger partial charge < -0.3 is 11.1 Å². The predicted octanol–water partition coefficient (Wildman–Crippen LogP) is 2.05. The lowest BCUT2D eigenvalue weighted by Crippen LogP contribution is -2.22. The van der Waals surface area contributed by atoms with Gasteiger partial charge in [0.1, 0.15) is 5.69 Å². The molecule has 0 aliphatic rings. The van der Waals surface area contributed by atoms with Crippen molar-refractivity contribution in [3.05, 3.63) is 41.2 Å². The molecule has 0 fully saturated rings. The number of hydrogen-bond donors (Lipinski definition) is 2. The van der Waals surface area contributed by atoms with E-state index in [4.69, 9.17) is 5.73 Å². The highest BCUT2D eigenvalue weighted by atomic mass is 16.1. The summed E-state index contributed by atoms with van der Waals surface area (Å²) in [7, 11) is 0. The van der Waals surface area contributed by atoms with Crippen LogP contribution in [0.5, 0.6) is 0 Å². The van der Waals surface area contributed by atoms with Gasteiger partial charge >= 0.3 is 0 Å². The Morgan fingerprint density at radius 3 is 2.62 bits per heavy atom. The summed E-state index contributed by atoms with van der Waals surface area (Å²) in [5.74, 6) is -0.419. The lowest BCUT2D eigenvalue weighted by atomic mass is 10.1. The number of primary amides is 1. The number of benzene rings is 1. The van der Waals surface area contributed by atoms with E-state index in [-0.39, 0.29) is 5.54 Å². The van der Waals surface area contributed by atoms with Crippen LogP contribution in [-0.2, 0) is 12.1 Å². The number of hydrogen-bond acceptors (Lipinski definition) is 4. The molecule has 1 aromatic carbocycles. The van der Waals surface area contributed by atoms with Crippen molar-refractivity contribution in [2.24, 2.45) is 5.73 Å². The lowest BCUT2D eigenvalue weighted by Gasteiger charge is -2.17. The van der Waals surface area contributed by atoms with Gasteiger partial charge in [-0.3, -0.25) is 4.79 Å². The summed E-state index contributed by atoms with van der Waals surface area (Å²) in [5.41, 5.74) is 8.47. The van der Waals surface area contributed by atoms with Crippen molar-refractivity contribution in [2.75, 3.05) is 5.32 Å². The Hall–Kier alpha value is -2.37. The molecule has 0 unspecified atom stereocenters. The van der Waals surface area contributed by atoms with Crippen molar-refractivity contribution in [2.45, 2.75) is 39.8 Å². The molecule has 0 saturated carbocycles. The van der Waals surface area contributed by atoms with Gasteiger partial charge in [-0.1, -0.05) is 5.21 Å². The number of amides is 1. The minimum absolute atomic E-state index is 0.0791. The van der Waals surface area contributed by atoms with Gasteiger partial charge in [-0.05, 0) is 51.5 Å². The third-order valence-corrected chi connectivity index (χ3v) is 3.20. The van der Waals surface area contributed by atoms with Crippen molar-refractivity contribution in [3.8, 4) is 0 Å². The highest BCUT2D eigenvalue weighted by Crippen LogP contribution is 2.17. The standard InChI is InChI=1S/C15H21N5O/c1-10-7-11(14(16)21)5-6-13(10)17-8-12-9-20(19-18-12)15(2,3)4/h5-7,9,17H,8H2,1-4H3,(H2,16,21). The van der Waals surface area contributed by atoms with Crippen molar-refractivity contribution >= 4 is 11.6 Å². The largest absolute Gasteiger partial charge is 0.379 e. The van der Waals surface area contributed by atoms with Gasteiger partial charge in [-0.15, -0.1) is 5.10 Å². The van der Waals surface area contributed by atoms with Crippen LogP contribution in [0.1, 0.15) is 42.4 Å². The van der Waals surface area contributed by atoms with Crippen LogP contribution in [0.2, 0.25) is 0 Å². The maximum atomic E-state index is 11.1. The number of nitrogens with zero attached hydrogens (tertiary/aromatic N) is 3. The summed E-state index contributed by atoms with van der Waals surface area (Å²) in [6, 6.07) is 5.34. The van der Waals surface area contributed by atoms with Gasteiger partial charge in [0.15, 0.2) is 0 Å². The van der Waals surface area contributed by atoms with Gasteiger partial charge in [0.05, 0.1) is 18.3 Å². The molecule has 2 aromatic rings. The van der Waals surface area contributed by atoms with E-state index in [2.05, 4.69) is 36.4 Å². The molecule has 1 heterocycles. The van der Waals surface area contributed by atoms with Crippen molar-refractivity contribution < 1.29 is 4.79 Å². The zero-order valence-electron chi connectivity index (χ0n) is 12.8. The molecular weight excluding hydrogens is 266 g/mol. The Labute approximate surface area is 124 Å². The number of aryl methyl sites for hydroxylation is 1. The molecule has 0 atom stereocenters. The van der Waals surface area contributed by atoms with Gasteiger partial charge in [-0.25, -0.2) is 4.68 Å². The molecule has 0 bridgehead atoms. The van der Waals surface area contributed by atoms with Gasteiger partial charge in [0.2, 0.25) is 5.91 Å². The number of nitrogens with one attached hydrogen (secondary N) is 1. The Bertz CT molecular complexity index is 654. The minimum atomic E-state index is -0.419. The molecule has 112 valence electrons. The second-order valence-corrected chi connectivity index (χ2v) is 6.07. The minimum Gasteiger partial charge on any atom is -0.379 e. The third-order valence-electron chi connectivity index (χ3n) is 3.20. The third kappa shape index (κ3) is 3.59. The van der Waals surface area contributed by atoms with E-state index >= 15 is 0 Å². The summed E-state index contributed by atoms with van der Waals surface area (Å²) in [4.78, 5) is 11.1. The fourth-order valence-corrected chi connectivity index (χ4v) is 1.91. The van der Waals surface area contributed by atoms with E-state index < -0.39 is 5.91 Å². The first-order valence-corrected chi connectivity index (χ1v) is 6.83. The molecule has 1 amide bonds. The fourth-order valence-electron chi connectivity index (χ4n) is 1.91. The predicted molar refractivity (Wildman–Crippen MR) is 82.0 cm³/mol. The zero-order chi connectivity index (χ0) is 15.6. The lowest BCUT2D eigenvalue weighted by molar-refractivity contribution is 0.1000. The zero-order valence-corrected chi connectivity index (χ0v) is 12.8. The molecular formula is C15H21N5O. The Balaban J connectivity index is 2.06. The van der Waals surface area contributed by atoms with E-state index in [1.54, 1.807) is 12.1 Å². The highest BCUT2D eigenvalue weighted by molar-refractivity contribution is 5.93. The monoisotopic (exact) mass is 287 g/mol. The van der Waals surface area contributed by atoms with Gasteiger partial charge in [0, 0.05) is 11.3 Å². The number of carbonyl (C=O) groups excluding carboxylic acids is 1. The van der Waals surface area contributed by atoms with Crippen LogP contribution < -0.4 is 11.1 Å². The normalized spacial score (nSPS) is 11.4. The van der Waals surface area contributed by atoms with Gasteiger partial charge in [-0.2, -0.15) is 0 Å². The van der Waals surface area contributed by atoms with E-state index in [1.807, 2.05) is 23.9 Å². The van der Waals surface area contributed by atoms with Crippen molar-refractivity contribution in [1.82, 2.24) is 15.0 Å². The van der Waals surface area contributed by atoms with E-state index in [1.165, 1.54) is 0 Å². The molecule has 2 rings (SSSR count). The van der Waals surface area contributed by atoms with Crippen LogP contribution in [0.25, 0.3) is 0 Å². The molecule has 1 aromatic heterocycles. The maximum Gasteiger partial charge on any atom is 0.248 e. The van der Waals surface area contributed by atoms with E-state index in [0.717, 1.165) is 16.9 Å². The second-order valence-electron chi connectivity index (χ2n) is 6.07. The van der Waals surface area contributed by atoms with Crippen LogP contribution in [0, 0.1) is 6.92 Å². The Morgan fingerprint density at radius 2 is 2.10 bits per heavy atom. The van der Waals surface area contributed by atoms with Crippen molar-refractivity contribution in [1.29, 1.82) is 0 Å². The molecule has 0 aliphatic carbocycles. The average Bonchev–Trinajstić information content (AvgIpc) is 2.85. The fraction of sp³-hybridized carbons (Fsp3) is 0.400. The first kappa shape index (κ1) is 15.0. The number of carbonyl (C=O) groups is 1. The first-order valence-electron chi connectivity index (χ1n) is 6.83. The molecule has 3 N–H and O–H groups in total. The Morgan fingerprint density at radius 1 is 1.38 bits per heavy atom. The van der Waals surface area contributed by atoms with Crippen LogP contribution in [0.15, 0.2) is 24.4 Å².